The van der Waals surface area contributed by atoms with Crippen molar-refractivity contribution in [2.45, 2.75) is 42.7 Å². The van der Waals surface area contributed by atoms with Gasteiger partial charge in [0, 0.05) is 37.2 Å². The summed E-state index contributed by atoms with van der Waals surface area (Å²) in [5, 5.41) is 12.1. The van der Waals surface area contributed by atoms with Gasteiger partial charge in [0.15, 0.2) is 0 Å². The number of fused-ring (bicyclic) bond motifs is 1. The largest absolute Gasteiger partial charge is 0.497 e. The number of carbonyl (C=O) groups is 1. The molecule has 2 aliphatic rings. The SMILES string of the molecule is C=CCN1CC[C@@]2(c3cccc(OC)c3)C[C@H](N(C)C(=O)c3ccccc3)CC[C@]2(O)C1. The van der Waals surface area contributed by atoms with E-state index in [1.807, 2.05) is 60.5 Å². The Labute approximate surface area is 191 Å². The molecule has 0 radical (unpaired) electrons. The smallest absolute Gasteiger partial charge is 0.253 e. The number of nitrogens with zero attached hydrogens (tertiary/aromatic N) is 2. The fourth-order valence-corrected chi connectivity index (χ4v) is 5.77. The molecule has 1 amide bonds. The van der Waals surface area contributed by atoms with E-state index in [0.717, 1.165) is 43.7 Å². The summed E-state index contributed by atoms with van der Waals surface area (Å²) in [6.07, 6.45) is 4.88. The molecule has 2 aromatic carbocycles. The van der Waals surface area contributed by atoms with Crippen molar-refractivity contribution in [1.29, 1.82) is 0 Å². The number of benzene rings is 2. The maximum Gasteiger partial charge on any atom is 0.253 e. The number of ether oxygens (including phenoxy) is 1. The Kier molecular flexibility index (Phi) is 6.40. The van der Waals surface area contributed by atoms with Crippen LogP contribution in [0.15, 0.2) is 67.3 Å². The number of hydrogen-bond acceptors (Lipinski definition) is 4. The number of β-amino-alcohol motifs (C(OH)–C–C–N with tert-alkyl or cyclic N) is 1. The fraction of sp³-hybridized carbons (Fsp3) is 0.444. The topological polar surface area (TPSA) is 53.0 Å². The highest BCUT2D eigenvalue weighted by atomic mass is 16.5. The lowest BCUT2D eigenvalue weighted by atomic mass is 9.55. The molecule has 0 aromatic heterocycles. The number of aliphatic hydroxyl groups is 1. The van der Waals surface area contributed by atoms with Crippen molar-refractivity contribution in [2.24, 2.45) is 0 Å². The molecule has 0 bridgehead atoms. The third-order valence-electron chi connectivity index (χ3n) is 7.60. The van der Waals surface area contributed by atoms with Gasteiger partial charge in [-0.05, 0) is 62.1 Å². The third-order valence-corrected chi connectivity index (χ3v) is 7.60. The maximum absolute atomic E-state index is 13.2. The molecule has 170 valence electrons. The van der Waals surface area contributed by atoms with Crippen molar-refractivity contribution < 1.29 is 14.6 Å². The zero-order valence-corrected chi connectivity index (χ0v) is 19.2. The lowest BCUT2D eigenvalue weighted by molar-refractivity contribution is -0.130. The molecule has 1 aliphatic carbocycles. The molecule has 32 heavy (non-hydrogen) atoms. The second-order valence-electron chi connectivity index (χ2n) is 9.30. The van der Waals surface area contributed by atoms with E-state index in [-0.39, 0.29) is 11.9 Å². The molecule has 1 heterocycles. The van der Waals surface area contributed by atoms with Crippen molar-refractivity contribution in [3.8, 4) is 5.75 Å². The first-order valence-electron chi connectivity index (χ1n) is 11.4. The molecular formula is C27H34N2O3. The van der Waals surface area contributed by atoms with Crippen molar-refractivity contribution in [3.63, 3.8) is 0 Å². The predicted octanol–water partition coefficient (Wildman–Crippen LogP) is 3.88. The van der Waals surface area contributed by atoms with Crippen molar-refractivity contribution in [1.82, 2.24) is 9.80 Å². The van der Waals surface area contributed by atoms with E-state index < -0.39 is 11.0 Å². The Morgan fingerprint density at radius 1 is 1.25 bits per heavy atom. The van der Waals surface area contributed by atoms with Crippen molar-refractivity contribution in [2.75, 3.05) is 33.8 Å². The van der Waals surface area contributed by atoms with Crippen LogP contribution < -0.4 is 4.74 Å². The number of amides is 1. The van der Waals surface area contributed by atoms with Gasteiger partial charge in [-0.15, -0.1) is 6.58 Å². The quantitative estimate of drug-likeness (QED) is 0.701. The standard InChI is InChI=1S/C27H34N2O3/c1-4-16-29-17-15-26(22-11-8-12-24(18-22)32-3)19-23(13-14-27(26,31)20-29)28(2)25(30)21-9-6-5-7-10-21/h4-12,18,23,31H,1,13-17,19-20H2,2-3H3/t23-,26+,27+/m1/s1. The number of hydrogen-bond donors (Lipinski definition) is 1. The van der Waals surface area contributed by atoms with Crippen LogP contribution in [-0.4, -0.2) is 66.2 Å². The second kappa shape index (κ2) is 9.08. The summed E-state index contributed by atoms with van der Waals surface area (Å²) in [5.74, 6) is 0.828. The highest BCUT2D eigenvalue weighted by molar-refractivity contribution is 5.94. The molecule has 0 spiro atoms. The summed E-state index contributed by atoms with van der Waals surface area (Å²) in [7, 11) is 3.57. The zero-order valence-electron chi connectivity index (χ0n) is 19.2. The Bertz CT molecular complexity index is 962. The Hall–Kier alpha value is -2.63. The molecule has 5 nitrogen and oxygen atoms in total. The van der Waals surface area contributed by atoms with Crippen LogP contribution >= 0.6 is 0 Å². The van der Waals surface area contributed by atoms with Gasteiger partial charge >= 0.3 is 0 Å². The van der Waals surface area contributed by atoms with Gasteiger partial charge in [0.25, 0.3) is 5.91 Å². The van der Waals surface area contributed by atoms with Crippen LogP contribution in [0.4, 0.5) is 0 Å². The Morgan fingerprint density at radius 3 is 2.75 bits per heavy atom. The summed E-state index contributed by atoms with van der Waals surface area (Å²) >= 11 is 0. The van der Waals surface area contributed by atoms with Gasteiger partial charge in [-0.1, -0.05) is 36.4 Å². The minimum atomic E-state index is -0.867. The van der Waals surface area contributed by atoms with Gasteiger partial charge in [-0.2, -0.15) is 0 Å². The molecule has 1 N–H and O–H groups in total. The molecule has 1 saturated carbocycles. The average molecular weight is 435 g/mol. The maximum atomic E-state index is 13.2. The average Bonchev–Trinajstić information content (AvgIpc) is 2.83. The first-order valence-corrected chi connectivity index (χ1v) is 11.4. The molecular weight excluding hydrogens is 400 g/mol. The summed E-state index contributed by atoms with van der Waals surface area (Å²) in [6.45, 7) is 6.14. The normalized spacial score (nSPS) is 27.9. The summed E-state index contributed by atoms with van der Waals surface area (Å²) in [6, 6.07) is 17.6. The second-order valence-corrected chi connectivity index (χ2v) is 9.30. The van der Waals surface area contributed by atoms with Gasteiger partial charge in [0.1, 0.15) is 5.75 Å². The number of rotatable bonds is 6. The third kappa shape index (κ3) is 3.96. The van der Waals surface area contributed by atoms with E-state index in [1.54, 1.807) is 7.11 Å². The van der Waals surface area contributed by atoms with Crippen molar-refractivity contribution >= 4 is 5.91 Å². The highest BCUT2D eigenvalue weighted by Gasteiger charge is 2.58. The molecule has 1 saturated heterocycles. The molecule has 5 heteroatoms. The molecule has 2 fully saturated rings. The van der Waals surface area contributed by atoms with Crippen LogP contribution in [0.1, 0.15) is 41.6 Å². The van der Waals surface area contributed by atoms with Gasteiger partial charge in [0.05, 0.1) is 12.7 Å². The van der Waals surface area contributed by atoms with Crippen molar-refractivity contribution in [3.05, 3.63) is 78.4 Å². The molecule has 4 rings (SSSR count). The molecule has 2 aromatic rings. The fourth-order valence-electron chi connectivity index (χ4n) is 5.77. The minimum Gasteiger partial charge on any atom is -0.497 e. The highest BCUT2D eigenvalue weighted by Crippen LogP contribution is 2.52. The monoisotopic (exact) mass is 434 g/mol. The number of piperidine rings is 1. The summed E-state index contributed by atoms with van der Waals surface area (Å²) < 4.78 is 5.52. The number of carbonyl (C=O) groups excluding carboxylic acids is 1. The van der Waals surface area contributed by atoms with Crippen LogP contribution in [-0.2, 0) is 5.41 Å². The van der Waals surface area contributed by atoms with Gasteiger partial charge < -0.3 is 14.7 Å². The lowest BCUT2D eigenvalue weighted by Crippen LogP contribution is -2.67. The number of methoxy groups -OCH3 is 1. The zero-order chi connectivity index (χ0) is 22.8. The summed E-state index contributed by atoms with van der Waals surface area (Å²) in [5.41, 5.74) is 0.496. The summed E-state index contributed by atoms with van der Waals surface area (Å²) in [4.78, 5) is 17.4. The Morgan fingerprint density at radius 2 is 2.03 bits per heavy atom. The Balaban J connectivity index is 1.69. The van der Waals surface area contributed by atoms with Crippen LogP contribution in [0.5, 0.6) is 5.75 Å². The molecule has 1 aliphatic heterocycles. The van der Waals surface area contributed by atoms with E-state index in [9.17, 15) is 9.90 Å². The molecule has 3 atom stereocenters. The van der Waals surface area contributed by atoms with E-state index >= 15 is 0 Å². The first kappa shape index (κ1) is 22.6. The predicted molar refractivity (Wildman–Crippen MR) is 127 cm³/mol. The minimum absolute atomic E-state index is 0.0333. The number of likely N-dealkylation sites (tertiary alicyclic amines) is 1. The van der Waals surface area contributed by atoms with E-state index in [4.69, 9.17) is 4.74 Å². The first-order chi connectivity index (χ1) is 15.4. The van der Waals surface area contributed by atoms with E-state index in [2.05, 4.69) is 23.6 Å². The lowest BCUT2D eigenvalue weighted by Gasteiger charge is -2.59. The van der Waals surface area contributed by atoms with Crippen LogP contribution in [0, 0.1) is 0 Å². The molecule has 0 unspecified atom stereocenters. The van der Waals surface area contributed by atoms with Crippen LogP contribution in [0.25, 0.3) is 0 Å². The van der Waals surface area contributed by atoms with Gasteiger partial charge in [0.2, 0.25) is 0 Å². The van der Waals surface area contributed by atoms with E-state index in [0.29, 0.717) is 18.5 Å². The van der Waals surface area contributed by atoms with E-state index in [1.165, 1.54) is 0 Å². The van der Waals surface area contributed by atoms with Gasteiger partial charge in [-0.3, -0.25) is 9.69 Å². The van der Waals surface area contributed by atoms with Crippen LogP contribution in [0.2, 0.25) is 0 Å². The van der Waals surface area contributed by atoms with Gasteiger partial charge in [-0.25, -0.2) is 0 Å². The van der Waals surface area contributed by atoms with Crippen LogP contribution in [0.3, 0.4) is 0 Å².